The Morgan fingerprint density at radius 3 is 2.85 bits per heavy atom. The number of rotatable bonds is 7. The molecule has 3 aromatic rings. The number of Topliss-reactive ketones (excluding diaryl/α,β-unsaturated/α-hetero) is 1. The Kier molecular flexibility index (Phi) is 5.53. The van der Waals surface area contributed by atoms with Crippen LogP contribution in [0.15, 0.2) is 47.7 Å². The summed E-state index contributed by atoms with van der Waals surface area (Å²) in [6.45, 7) is 1.95. The number of benzene rings is 1. The lowest BCUT2D eigenvalue weighted by molar-refractivity contribution is -0.115. The molecule has 2 heterocycles. The Morgan fingerprint density at radius 1 is 1.22 bits per heavy atom. The van der Waals surface area contributed by atoms with Crippen LogP contribution in [0.4, 0.5) is 17.5 Å². The molecule has 0 saturated heterocycles. The van der Waals surface area contributed by atoms with Crippen molar-refractivity contribution >= 4 is 40.0 Å². The molecule has 9 nitrogen and oxygen atoms in total. The molecule has 27 heavy (non-hydrogen) atoms. The number of hydrazine groups is 1. The second-order valence-corrected chi connectivity index (χ2v) is 5.94. The van der Waals surface area contributed by atoms with E-state index in [1.807, 2.05) is 30.3 Å². The van der Waals surface area contributed by atoms with Crippen molar-refractivity contribution in [1.29, 1.82) is 0 Å². The molecule has 6 N–H and O–H groups in total. The number of amidine groups is 1. The minimum absolute atomic E-state index is 0.0620. The summed E-state index contributed by atoms with van der Waals surface area (Å²) in [7, 11) is 0. The van der Waals surface area contributed by atoms with E-state index in [-0.39, 0.29) is 23.9 Å². The highest BCUT2D eigenvalue weighted by Gasteiger charge is 2.08. The zero-order valence-electron chi connectivity index (χ0n) is 14.8. The monoisotopic (exact) mass is 364 g/mol. The van der Waals surface area contributed by atoms with Crippen molar-refractivity contribution in [2.45, 2.75) is 19.9 Å². The average molecular weight is 364 g/mol. The molecule has 0 spiro atoms. The number of nitrogens with one attached hydrogen (secondary N) is 2. The van der Waals surface area contributed by atoms with Crippen molar-refractivity contribution in [2.75, 3.05) is 10.7 Å². The summed E-state index contributed by atoms with van der Waals surface area (Å²) in [5.74, 6) is 6.71. The van der Waals surface area contributed by atoms with Gasteiger partial charge in [-0.05, 0) is 30.7 Å². The number of nitrogens with two attached hydrogens (primary N) is 2. The summed E-state index contributed by atoms with van der Waals surface area (Å²) in [6.07, 6.45) is 3.25. The van der Waals surface area contributed by atoms with Crippen molar-refractivity contribution < 1.29 is 4.79 Å². The second kappa shape index (κ2) is 8.19. The van der Waals surface area contributed by atoms with Crippen LogP contribution in [-0.4, -0.2) is 26.6 Å². The number of pyridine rings is 1. The van der Waals surface area contributed by atoms with Gasteiger partial charge >= 0.3 is 0 Å². The third kappa shape index (κ3) is 4.73. The summed E-state index contributed by atoms with van der Waals surface area (Å²) in [5.41, 5.74) is 10.2. The van der Waals surface area contributed by atoms with Gasteiger partial charge in [0.05, 0.1) is 18.1 Å². The molecule has 9 heteroatoms. The number of hydrogen-bond donors (Lipinski definition) is 4. The molecule has 0 unspecified atom stereocenters. The fourth-order valence-electron chi connectivity index (χ4n) is 2.53. The normalized spacial score (nSPS) is 11.4. The van der Waals surface area contributed by atoms with Crippen LogP contribution in [0, 0.1) is 0 Å². The molecule has 2 aromatic heterocycles. The van der Waals surface area contributed by atoms with Gasteiger partial charge in [-0.1, -0.05) is 12.1 Å². The lowest BCUT2D eigenvalue weighted by atomic mass is 10.1. The van der Waals surface area contributed by atoms with Crippen LogP contribution in [0.3, 0.4) is 0 Å². The van der Waals surface area contributed by atoms with Crippen LogP contribution < -0.4 is 22.3 Å². The molecule has 1 aromatic carbocycles. The van der Waals surface area contributed by atoms with Gasteiger partial charge in [0.2, 0.25) is 0 Å². The highest BCUT2D eigenvalue weighted by atomic mass is 16.1. The highest BCUT2D eigenvalue weighted by Crippen LogP contribution is 2.21. The second-order valence-electron chi connectivity index (χ2n) is 5.94. The fourth-order valence-corrected chi connectivity index (χ4v) is 2.53. The Morgan fingerprint density at radius 2 is 2.07 bits per heavy atom. The molecule has 0 bridgehead atoms. The van der Waals surface area contributed by atoms with E-state index in [9.17, 15) is 4.79 Å². The van der Waals surface area contributed by atoms with Crippen molar-refractivity contribution in [3.63, 3.8) is 0 Å². The van der Waals surface area contributed by atoms with E-state index in [0.717, 1.165) is 16.5 Å². The minimum atomic E-state index is -0.0754. The first-order valence-electron chi connectivity index (χ1n) is 8.29. The number of nitrogen functional groups attached to an aromatic ring is 1. The van der Waals surface area contributed by atoms with Crippen molar-refractivity contribution in [2.24, 2.45) is 16.6 Å². The molecule has 0 amide bonds. The molecule has 0 fully saturated rings. The number of nitrogens with zero attached hydrogens (tertiary/aromatic N) is 4. The average Bonchev–Trinajstić information content (AvgIpc) is 2.65. The van der Waals surface area contributed by atoms with Gasteiger partial charge in [0.15, 0.2) is 17.5 Å². The maximum absolute atomic E-state index is 11.1. The van der Waals surface area contributed by atoms with Gasteiger partial charge in [0.25, 0.3) is 0 Å². The first kappa shape index (κ1) is 18.2. The lowest BCUT2D eigenvalue weighted by Gasteiger charge is -2.11. The molecule has 0 aliphatic rings. The Labute approximate surface area is 155 Å². The van der Waals surface area contributed by atoms with E-state index in [4.69, 9.17) is 11.6 Å². The third-order valence-electron chi connectivity index (χ3n) is 3.71. The zero-order chi connectivity index (χ0) is 19.2. The van der Waals surface area contributed by atoms with Crippen LogP contribution in [0.2, 0.25) is 0 Å². The first-order chi connectivity index (χ1) is 13.0. The molecule has 3 rings (SSSR count). The molecular weight excluding hydrogens is 344 g/mol. The smallest absolute Gasteiger partial charge is 0.183 e. The summed E-state index contributed by atoms with van der Waals surface area (Å²) < 4.78 is 0. The van der Waals surface area contributed by atoms with Crippen LogP contribution in [0.25, 0.3) is 10.9 Å². The molecule has 0 atom stereocenters. The number of fused-ring (bicyclic) bond motifs is 1. The van der Waals surface area contributed by atoms with Gasteiger partial charge in [0.1, 0.15) is 11.6 Å². The quantitative estimate of drug-likeness (QED) is 0.215. The van der Waals surface area contributed by atoms with Gasteiger partial charge in [-0.25, -0.2) is 20.8 Å². The maximum atomic E-state index is 11.1. The molecule has 0 aliphatic heterocycles. The maximum Gasteiger partial charge on any atom is 0.183 e. The number of carbonyl (C=O) groups is 1. The standard InChI is InChI=1S/C18H20N8O/c1-11(27)7-15(19)24-16-10-23-18(26-20)17(25-16)22-9-12-4-5-14-13(8-12)3-2-6-21-14/h2-6,8,10H,7,9,20H2,1H3,(H,23,26)(H3,19,22,24,25). The largest absolute Gasteiger partial charge is 0.387 e. The van der Waals surface area contributed by atoms with Crippen LogP contribution in [-0.2, 0) is 11.3 Å². The van der Waals surface area contributed by atoms with Crippen LogP contribution in [0.5, 0.6) is 0 Å². The third-order valence-corrected chi connectivity index (χ3v) is 3.71. The molecule has 0 aliphatic carbocycles. The van der Waals surface area contributed by atoms with Gasteiger partial charge in [-0.2, -0.15) is 0 Å². The van der Waals surface area contributed by atoms with Crippen LogP contribution >= 0.6 is 0 Å². The van der Waals surface area contributed by atoms with E-state index in [0.29, 0.717) is 18.2 Å². The van der Waals surface area contributed by atoms with Crippen molar-refractivity contribution in [1.82, 2.24) is 15.0 Å². The SMILES string of the molecule is CC(=O)CC(N)=Nc1cnc(NN)c(NCc2ccc3ncccc3c2)n1. The number of hydrogen-bond acceptors (Lipinski definition) is 8. The summed E-state index contributed by atoms with van der Waals surface area (Å²) in [5, 5.41) is 4.24. The first-order valence-corrected chi connectivity index (χ1v) is 8.29. The Hall–Kier alpha value is -3.59. The summed E-state index contributed by atoms with van der Waals surface area (Å²) in [4.78, 5) is 28.1. The summed E-state index contributed by atoms with van der Waals surface area (Å²) in [6, 6.07) is 9.90. The molecule has 0 saturated carbocycles. The Bertz CT molecular complexity index is 1000. The van der Waals surface area contributed by atoms with Gasteiger partial charge < -0.3 is 16.5 Å². The predicted octanol–water partition coefficient (Wildman–Crippen LogP) is 1.89. The highest BCUT2D eigenvalue weighted by molar-refractivity contribution is 5.99. The number of anilines is 2. The van der Waals surface area contributed by atoms with Gasteiger partial charge in [-0.15, -0.1) is 0 Å². The molecular formula is C18H20N8O. The van der Waals surface area contributed by atoms with Crippen molar-refractivity contribution in [3.05, 3.63) is 48.3 Å². The minimum Gasteiger partial charge on any atom is -0.387 e. The van der Waals surface area contributed by atoms with Crippen molar-refractivity contribution in [3.8, 4) is 0 Å². The predicted molar refractivity (Wildman–Crippen MR) is 105 cm³/mol. The van der Waals surface area contributed by atoms with E-state index in [1.165, 1.54) is 13.1 Å². The van der Waals surface area contributed by atoms with E-state index >= 15 is 0 Å². The van der Waals surface area contributed by atoms with E-state index < -0.39 is 0 Å². The Balaban J connectivity index is 1.79. The van der Waals surface area contributed by atoms with Gasteiger partial charge in [-0.3, -0.25) is 9.78 Å². The zero-order valence-corrected chi connectivity index (χ0v) is 14.8. The molecule has 0 radical (unpaired) electrons. The van der Waals surface area contributed by atoms with E-state index in [1.54, 1.807) is 6.20 Å². The summed E-state index contributed by atoms with van der Waals surface area (Å²) >= 11 is 0. The molecule has 138 valence electrons. The fraction of sp³-hybridized carbons (Fsp3) is 0.167. The number of carbonyl (C=O) groups excluding carboxylic acids is 1. The van der Waals surface area contributed by atoms with Gasteiger partial charge in [0, 0.05) is 18.1 Å². The number of aliphatic imine (C=N–C) groups is 1. The lowest BCUT2D eigenvalue weighted by Crippen LogP contribution is -2.16. The number of ketones is 1. The topological polar surface area (TPSA) is 144 Å². The van der Waals surface area contributed by atoms with Crippen LogP contribution in [0.1, 0.15) is 18.9 Å². The number of aromatic nitrogens is 3. The van der Waals surface area contributed by atoms with E-state index in [2.05, 4.69) is 30.7 Å².